The maximum absolute atomic E-state index is 12.6. The molecule has 1 aromatic carbocycles. The Bertz CT molecular complexity index is 528. The van der Waals surface area contributed by atoms with Crippen LogP contribution in [0, 0.1) is 5.92 Å². The van der Waals surface area contributed by atoms with E-state index in [2.05, 4.69) is 16.3 Å². The van der Waals surface area contributed by atoms with E-state index in [0.717, 1.165) is 50.3 Å². The van der Waals surface area contributed by atoms with Crippen molar-refractivity contribution in [3.8, 4) is 0 Å². The van der Waals surface area contributed by atoms with Crippen LogP contribution in [-0.2, 0) is 11.3 Å². The normalized spacial score (nSPS) is 23.6. The van der Waals surface area contributed by atoms with E-state index in [-0.39, 0.29) is 11.8 Å². The van der Waals surface area contributed by atoms with Gasteiger partial charge in [0.05, 0.1) is 5.92 Å². The highest BCUT2D eigenvalue weighted by Gasteiger charge is 2.27. The van der Waals surface area contributed by atoms with Crippen molar-refractivity contribution >= 4 is 17.5 Å². The Hall–Kier alpha value is -1.06. The van der Waals surface area contributed by atoms with Crippen LogP contribution >= 0.6 is 11.6 Å². The summed E-state index contributed by atoms with van der Waals surface area (Å²) < 4.78 is 0. The molecule has 1 aromatic rings. The summed E-state index contributed by atoms with van der Waals surface area (Å²) in [7, 11) is 0. The van der Waals surface area contributed by atoms with Gasteiger partial charge in [0.25, 0.3) is 0 Å². The highest BCUT2D eigenvalue weighted by atomic mass is 35.5. The number of piperidine rings is 1. The Morgan fingerprint density at radius 1 is 1.17 bits per heavy atom. The highest BCUT2D eigenvalue weighted by Crippen LogP contribution is 2.22. The molecule has 1 heterocycles. The number of nitrogens with zero attached hydrogens (tertiary/aromatic N) is 1. The number of likely N-dealkylation sites (tertiary alicyclic amines) is 1. The van der Waals surface area contributed by atoms with Gasteiger partial charge in [-0.1, -0.05) is 43.0 Å². The van der Waals surface area contributed by atoms with Crippen LogP contribution in [0.2, 0.25) is 5.02 Å². The van der Waals surface area contributed by atoms with Crippen LogP contribution in [0.3, 0.4) is 0 Å². The van der Waals surface area contributed by atoms with Crippen molar-refractivity contribution < 1.29 is 4.79 Å². The summed E-state index contributed by atoms with van der Waals surface area (Å²) in [5.74, 6) is 0.414. The van der Waals surface area contributed by atoms with Crippen LogP contribution in [0.15, 0.2) is 24.3 Å². The van der Waals surface area contributed by atoms with Crippen LogP contribution in [0.1, 0.15) is 50.5 Å². The lowest BCUT2D eigenvalue weighted by atomic mass is 9.93. The van der Waals surface area contributed by atoms with Gasteiger partial charge in [-0.2, -0.15) is 0 Å². The van der Waals surface area contributed by atoms with Gasteiger partial charge >= 0.3 is 0 Å². The first-order valence-electron chi connectivity index (χ1n) is 8.98. The van der Waals surface area contributed by atoms with Gasteiger partial charge in [0.1, 0.15) is 0 Å². The van der Waals surface area contributed by atoms with E-state index in [0.29, 0.717) is 6.04 Å². The fourth-order valence-electron chi connectivity index (χ4n) is 3.87. The van der Waals surface area contributed by atoms with Crippen molar-refractivity contribution in [2.24, 2.45) is 5.92 Å². The lowest BCUT2D eigenvalue weighted by molar-refractivity contribution is -0.127. The Kier molecular flexibility index (Phi) is 5.96. The van der Waals surface area contributed by atoms with Gasteiger partial charge < -0.3 is 5.32 Å². The van der Waals surface area contributed by atoms with Gasteiger partial charge in [0, 0.05) is 24.2 Å². The third-order valence-corrected chi connectivity index (χ3v) is 5.36. The predicted molar refractivity (Wildman–Crippen MR) is 94.5 cm³/mol. The summed E-state index contributed by atoms with van der Waals surface area (Å²) in [4.78, 5) is 14.9. The van der Waals surface area contributed by atoms with Crippen molar-refractivity contribution in [2.45, 2.75) is 57.5 Å². The second-order valence-corrected chi connectivity index (χ2v) is 7.48. The molecule has 1 saturated heterocycles. The van der Waals surface area contributed by atoms with Gasteiger partial charge in [-0.15, -0.1) is 0 Å². The molecule has 23 heavy (non-hydrogen) atoms. The van der Waals surface area contributed by atoms with E-state index in [1.54, 1.807) is 0 Å². The van der Waals surface area contributed by atoms with Crippen LogP contribution in [0.4, 0.5) is 0 Å². The van der Waals surface area contributed by atoms with E-state index in [1.807, 2.05) is 18.2 Å². The molecule has 126 valence electrons. The second-order valence-electron chi connectivity index (χ2n) is 7.05. The van der Waals surface area contributed by atoms with E-state index >= 15 is 0 Å². The number of carbonyl (C=O) groups excluding carboxylic acids is 1. The minimum Gasteiger partial charge on any atom is -0.353 e. The molecule has 4 heteroatoms. The minimum atomic E-state index is 0.143. The van der Waals surface area contributed by atoms with Crippen LogP contribution in [0.25, 0.3) is 0 Å². The molecular weight excluding hydrogens is 308 g/mol. The number of rotatable bonds is 4. The Balaban J connectivity index is 1.52. The molecule has 3 nitrogen and oxygen atoms in total. The van der Waals surface area contributed by atoms with Crippen molar-refractivity contribution in [1.82, 2.24) is 10.2 Å². The monoisotopic (exact) mass is 334 g/mol. The summed E-state index contributed by atoms with van der Waals surface area (Å²) in [5, 5.41) is 4.08. The second kappa shape index (κ2) is 8.16. The quantitative estimate of drug-likeness (QED) is 0.902. The first-order chi connectivity index (χ1) is 11.2. The predicted octanol–water partition coefficient (Wildman–Crippen LogP) is 4.00. The molecule has 2 aliphatic rings. The Morgan fingerprint density at radius 3 is 2.78 bits per heavy atom. The van der Waals surface area contributed by atoms with Crippen molar-refractivity contribution in [3.05, 3.63) is 34.9 Å². The Morgan fingerprint density at radius 2 is 2.00 bits per heavy atom. The SMILES string of the molecule is O=C(NC1CCCCC1)C1CCCN(Cc2cccc(Cl)c2)C1. The molecule has 0 aromatic heterocycles. The lowest BCUT2D eigenvalue weighted by Crippen LogP contribution is -2.46. The van der Waals surface area contributed by atoms with Gasteiger partial charge in [-0.25, -0.2) is 0 Å². The topological polar surface area (TPSA) is 32.3 Å². The number of hydrogen-bond donors (Lipinski definition) is 1. The van der Waals surface area contributed by atoms with Crippen LogP contribution in [0.5, 0.6) is 0 Å². The number of carbonyl (C=O) groups is 1. The number of hydrogen-bond acceptors (Lipinski definition) is 2. The average molecular weight is 335 g/mol. The van der Waals surface area contributed by atoms with Gasteiger partial charge in [-0.05, 0) is 49.9 Å². The summed E-state index contributed by atoms with van der Waals surface area (Å²) in [6, 6.07) is 8.45. The lowest BCUT2D eigenvalue weighted by Gasteiger charge is -2.33. The molecule has 2 fully saturated rings. The smallest absolute Gasteiger partial charge is 0.224 e. The van der Waals surface area contributed by atoms with Crippen molar-refractivity contribution in [1.29, 1.82) is 0 Å². The highest BCUT2D eigenvalue weighted by molar-refractivity contribution is 6.30. The largest absolute Gasteiger partial charge is 0.353 e. The number of benzene rings is 1. The first kappa shape index (κ1) is 16.8. The molecule has 0 radical (unpaired) electrons. The van der Waals surface area contributed by atoms with Crippen LogP contribution in [-0.4, -0.2) is 29.9 Å². The number of nitrogens with one attached hydrogen (secondary N) is 1. The average Bonchev–Trinajstić information content (AvgIpc) is 2.56. The third-order valence-electron chi connectivity index (χ3n) is 5.12. The number of amides is 1. The van der Waals surface area contributed by atoms with E-state index in [9.17, 15) is 4.79 Å². The molecule has 3 rings (SSSR count). The summed E-state index contributed by atoms with van der Waals surface area (Å²) in [6.45, 7) is 2.82. The molecule has 0 bridgehead atoms. The zero-order chi connectivity index (χ0) is 16.1. The van der Waals surface area contributed by atoms with Gasteiger partial charge in [0.2, 0.25) is 5.91 Å². The molecule has 1 aliphatic carbocycles. The molecule has 0 spiro atoms. The van der Waals surface area contributed by atoms with Crippen LogP contribution < -0.4 is 5.32 Å². The van der Waals surface area contributed by atoms with E-state index < -0.39 is 0 Å². The fraction of sp³-hybridized carbons (Fsp3) is 0.632. The van der Waals surface area contributed by atoms with Gasteiger partial charge in [-0.3, -0.25) is 9.69 Å². The molecule has 1 aliphatic heterocycles. The molecule has 1 saturated carbocycles. The molecule has 1 amide bonds. The molecule has 1 unspecified atom stereocenters. The van der Waals surface area contributed by atoms with E-state index in [1.165, 1.54) is 24.8 Å². The summed E-state index contributed by atoms with van der Waals surface area (Å²) in [6.07, 6.45) is 8.28. The molecular formula is C19H27ClN2O. The number of halogens is 1. The summed E-state index contributed by atoms with van der Waals surface area (Å²) >= 11 is 6.07. The third kappa shape index (κ3) is 4.95. The summed E-state index contributed by atoms with van der Waals surface area (Å²) in [5.41, 5.74) is 1.23. The zero-order valence-corrected chi connectivity index (χ0v) is 14.5. The maximum Gasteiger partial charge on any atom is 0.224 e. The maximum atomic E-state index is 12.6. The molecule has 1 N–H and O–H groups in total. The minimum absolute atomic E-state index is 0.143. The Labute approximate surface area is 144 Å². The van der Waals surface area contributed by atoms with E-state index in [4.69, 9.17) is 11.6 Å². The van der Waals surface area contributed by atoms with Crippen molar-refractivity contribution in [2.75, 3.05) is 13.1 Å². The zero-order valence-electron chi connectivity index (χ0n) is 13.8. The first-order valence-corrected chi connectivity index (χ1v) is 9.36. The fourth-order valence-corrected chi connectivity index (χ4v) is 4.09. The van der Waals surface area contributed by atoms with Gasteiger partial charge in [0.15, 0.2) is 0 Å². The molecule has 1 atom stereocenters. The standard InChI is InChI=1S/C19H27ClN2O/c20-17-8-4-6-15(12-17)13-22-11-5-7-16(14-22)19(23)21-18-9-2-1-3-10-18/h4,6,8,12,16,18H,1-3,5,7,9-11,13-14H2,(H,21,23). The van der Waals surface area contributed by atoms with Crippen molar-refractivity contribution in [3.63, 3.8) is 0 Å².